The van der Waals surface area contributed by atoms with E-state index in [0.717, 1.165) is 12.8 Å². The maximum Gasteiger partial charge on any atom is 0.324 e. The lowest BCUT2D eigenvalue weighted by molar-refractivity contribution is -0.146. The van der Waals surface area contributed by atoms with Crippen LogP contribution in [-0.2, 0) is 9.59 Å². The number of amides is 2. The molecule has 0 bridgehead atoms. The van der Waals surface area contributed by atoms with Crippen molar-refractivity contribution in [3.05, 3.63) is 5.82 Å². The number of aromatic nitrogens is 2. The molecule has 1 saturated carbocycles. The molecule has 0 atom stereocenters. The normalized spacial score (nSPS) is 18.7. The molecule has 2 heterocycles. The molecule has 2 fully saturated rings. The van der Waals surface area contributed by atoms with Crippen LogP contribution in [0.1, 0.15) is 38.4 Å². The predicted octanol–water partition coefficient (Wildman–Crippen LogP) is 0.120. The second-order valence-corrected chi connectivity index (χ2v) is 6.12. The molecule has 1 N–H and O–H groups in total. The third-order valence-corrected chi connectivity index (χ3v) is 3.89. The van der Waals surface area contributed by atoms with E-state index in [-0.39, 0.29) is 12.0 Å². The van der Waals surface area contributed by atoms with Crippen molar-refractivity contribution < 1.29 is 14.1 Å². The van der Waals surface area contributed by atoms with Gasteiger partial charge < -0.3 is 19.6 Å². The molecule has 1 saturated heterocycles. The van der Waals surface area contributed by atoms with E-state index in [0.29, 0.717) is 38.0 Å². The average molecular weight is 307 g/mol. The Labute approximate surface area is 128 Å². The quantitative estimate of drug-likeness (QED) is 0.798. The summed E-state index contributed by atoms with van der Waals surface area (Å²) in [6.07, 6.45) is 1.95. The molecular formula is C14H21N5O3. The Balaban J connectivity index is 1.52. The van der Waals surface area contributed by atoms with Crippen molar-refractivity contribution in [1.29, 1.82) is 0 Å². The molecule has 0 aromatic carbocycles. The van der Waals surface area contributed by atoms with Crippen molar-refractivity contribution in [3.8, 4) is 0 Å². The van der Waals surface area contributed by atoms with E-state index in [9.17, 15) is 9.59 Å². The van der Waals surface area contributed by atoms with Gasteiger partial charge in [-0.3, -0.25) is 9.59 Å². The van der Waals surface area contributed by atoms with Crippen LogP contribution < -0.4 is 10.2 Å². The lowest BCUT2D eigenvalue weighted by Crippen LogP contribution is -2.53. The van der Waals surface area contributed by atoms with Gasteiger partial charge >= 0.3 is 17.8 Å². The van der Waals surface area contributed by atoms with Crippen LogP contribution in [0, 0.1) is 0 Å². The van der Waals surface area contributed by atoms with Crippen LogP contribution in [0.3, 0.4) is 0 Å². The number of anilines is 1. The van der Waals surface area contributed by atoms with Crippen LogP contribution in [0.25, 0.3) is 0 Å². The summed E-state index contributed by atoms with van der Waals surface area (Å²) in [6.45, 7) is 6.14. The number of nitrogens with one attached hydrogen (secondary N) is 1. The van der Waals surface area contributed by atoms with Crippen molar-refractivity contribution in [1.82, 2.24) is 20.4 Å². The Morgan fingerprint density at radius 2 is 1.91 bits per heavy atom. The van der Waals surface area contributed by atoms with Gasteiger partial charge in [-0.15, -0.1) is 0 Å². The second-order valence-electron chi connectivity index (χ2n) is 6.12. The number of carbonyl (C=O) groups is 2. The topological polar surface area (TPSA) is 91.6 Å². The second kappa shape index (κ2) is 5.94. The Bertz CT molecular complexity index is 559. The van der Waals surface area contributed by atoms with Gasteiger partial charge in [0.15, 0.2) is 5.82 Å². The predicted molar refractivity (Wildman–Crippen MR) is 78.3 cm³/mol. The summed E-state index contributed by atoms with van der Waals surface area (Å²) in [5.41, 5.74) is 0. The van der Waals surface area contributed by atoms with Crippen molar-refractivity contribution in [2.45, 2.75) is 38.6 Å². The van der Waals surface area contributed by atoms with Gasteiger partial charge in [0, 0.05) is 38.1 Å². The van der Waals surface area contributed by atoms with Gasteiger partial charge in [-0.2, -0.15) is 4.98 Å². The van der Waals surface area contributed by atoms with E-state index >= 15 is 0 Å². The summed E-state index contributed by atoms with van der Waals surface area (Å²) < 4.78 is 5.25. The molecule has 22 heavy (non-hydrogen) atoms. The van der Waals surface area contributed by atoms with Gasteiger partial charge in [-0.1, -0.05) is 19.0 Å². The molecule has 120 valence electrons. The fourth-order valence-corrected chi connectivity index (χ4v) is 2.31. The molecule has 1 aromatic heterocycles. The van der Waals surface area contributed by atoms with Crippen LogP contribution in [0.2, 0.25) is 0 Å². The molecule has 1 aliphatic heterocycles. The Hall–Kier alpha value is -2.12. The zero-order chi connectivity index (χ0) is 15.7. The number of rotatable bonds is 3. The van der Waals surface area contributed by atoms with E-state index in [4.69, 9.17) is 4.52 Å². The van der Waals surface area contributed by atoms with Crippen molar-refractivity contribution in [3.63, 3.8) is 0 Å². The van der Waals surface area contributed by atoms with Gasteiger partial charge in [-0.25, -0.2) is 0 Å². The van der Waals surface area contributed by atoms with E-state index in [1.165, 1.54) is 0 Å². The van der Waals surface area contributed by atoms with Crippen LogP contribution in [0.4, 0.5) is 6.01 Å². The fourth-order valence-electron chi connectivity index (χ4n) is 2.31. The number of hydrogen-bond donors (Lipinski definition) is 1. The molecule has 2 aliphatic rings. The molecule has 2 amide bonds. The lowest BCUT2D eigenvalue weighted by atomic mass is 10.2. The van der Waals surface area contributed by atoms with E-state index < -0.39 is 11.8 Å². The smallest absolute Gasteiger partial charge is 0.324 e. The third-order valence-electron chi connectivity index (χ3n) is 3.89. The summed E-state index contributed by atoms with van der Waals surface area (Å²) in [5, 5.41) is 6.67. The molecule has 8 nitrogen and oxygen atoms in total. The minimum Gasteiger partial charge on any atom is -0.345 e. The minimum atomic E-state index is -0.490. The standard InChI is InChI=1S/C14H21N5O3/c1-9(2)11-16-14(22-17-11)19-7-5-18(6-8-19)13(21)12(20)15-10-3-4-10/h9-10H,3-8H2,1-2H3,(H,15,20). The summed E-state index contributed by atoms with van der Waals surface area (Å²) in [7, 11) is 0. The fraction of sp³-hybridized carbons (Fsp3) is 0.714. The highest BCUT2D eigenvalue weighted by Gasteiger charge is 2.31. The highest BCUT2D eigenvalue weighted by atomic mass is 16.5. The van der Waals surface area contributed by atoms with Crippen molar-refractivity contribution in [2.75, 3.05) is 31.1 Å². The zero-order valence-electron chi connectivity index (χ0n) is 12.9. The van der Waals surface area contributed by atoms with E-state index in [2.05, 4.69) is 15.5 Å². The molecular weight excluding hydrogens is 286 g/mol. The molecule has 0 radical (unpaired) electrons. The number of piperazine rings is 1. The van der Waals surface area contributed by atoms with Gasteiger partial charge in [0.1, 0.15) is 0 Å². The van der Waals surface area contributed by atoms with Crippen molar-refractivity contribution in [2.24, 2.45) is 0 Å². The van der Waals surface area contributed by atoms with E-state index in [1.54, 1.807) is 4.90 Å². The monoisotopic (exact) mass is 307 g/mol. The molecule has 3 rings (SSSR count). The van der Waals surface area contributed by atoms with Gasteiger partial charge in [0.05, 0.1) is 0 Å². The van der Waals surface area contributed by atoms with Crippen molar-refractivity contribution >= 4 is 17.8 Å². The largest absolute Gasteiger partial charge is 0.345 e. The maximum absolute atomic E-state index is 12.0. The first kappa shape index (κ1) is 14.8. The zero-order valence-corrected chi connectivity index (χ0v) is 12.9. The summed E-state index contributed by atoms with van der Waals surface area (Å²) >= 11 is 0. The Kier molecular flexibility index (Phi) is 4.00. The number of carbonyl (C=O) groups excluding carboxylic acids is 2. The molecule has 0 unspecified atom stereocenters. The SMILES string of the molecule is CC(C)c1noc(N2CCN(C(=O)C(=O)NC3CC3)CC2)n1. The first-order valence-corrected chi connectivity index (χ1v) is 7.73. The third kappa shape index (κ3) is 3.20. The average Bonchev–Trinajstić information content (AvgIpc) is 3.18. The maximum atomic E-state index is 12.0. The van der Waals surface area contributed by atoms with Crippen LogP contribution in [0.5, 0.6) is 0 Å². The summed E-state index contributed by atoms with van der Waals surface area (Å²) in [6, 6.07) is 0.684. The van der Waals surface area contributed by atoms with Crippen LogP contribution in [0.15, 0.2) is 4.52 Å². The highest BCUT2D eigenvalue weighted by molar-refractivity contribution is 6.35. The molecule has 8 heteroatoms. The van der Waals surface area contributed by atoms with Crippen LogP contribution >= 0.6 is 0 Å². The number of hydrogen-bond acceptors (Lipinski definition) is 6. The van der Waals surface area contributed by atoms with Gasteiger partial charge in [-0.05, 0) is 12.8 Å². The molecule has 0 spiro atoms. The summed E-state index contributed by atoms with van der Waals surface area (Å²) in [5.74, 6) is -0.0420. The molecule has 1 aromatic rings. The molecule has 1 aliphatic carbocycles. The van der Waals surface area contributed by atoms with Gasteiger partial charge in [0.2, 0.25) is 0 Å². The lowest BCUT2D eigenvalue weighted by Gasteiger charge is -2.33. The first-order valence-electron chi connectivity index (χ1n) is 7.73. The van der Waals surface area contributed by atoms with E-state index in [1.807, 2.05) is 18.7 Å². The Morgan fingerprint density at radius 3 is 2.45 bits per heavy atom. The van der Waals surface area contributed by atoms with Crippen LogP contribution in [-0.4, -0.2) is 59.1 Å². The Morgan fingerprint density at radius 1 is 1.23 bits per heavy atom. The summed E-state index contributed by atoms with van der Waals surface area (Å²) in [4.78, 5) is 31.7. The van der Waals surface area contributed by atoms with Gasteiger partial charge in [0.25, 0.3) is 0 Å². The highest BCUT2D eigenvalue weighted by Crippen LogP contribution is 2.19. The first-order chi connectivity index (χ1) is 10.5. The minimum absolute atomic E-state index is 0.200. The number of nitrogens with zero attached hydrogens (tertiary/aromatic N) is 4.